The number of nitrogens with one attached hydrogen (secondary N) is 1. The Morgan fingerprint density at radius 3 is 2.70 bits per heavy atom. The second-order valence-electron chi connectivity index (χ2n) is 10.6. The van der Waals surface area contributed by atoms with Gasteiger partial charge in [-0.2, -0.15) is 5.10 Å². The largest absolute Gasteiger partial charge is 0.342 e. The molecule has 1 N–H and O–H groups in total. The lowest BCUT2D eigenvalue weighted by Crippen LogP contribution is -2.61. The molecule has 27 heavy (non-hydrogen) atoms. The van der Waals surface area contributed by atoms with Crippen LogP contribution in [-0.2, 0) is 10.3 Å². The number of carbonyl (C=O) groups is 1. The van der Waals surface area contributed by atoms with Gasteiger partial charge in [0.05, 0.1) is 11.0 Å². The van der Waals surface area contributed by atoms with Crippen LogP contribution in [0.1, 0.15) is 57.8 Å². The van der Waals surface area contributed by atoms with E-state index < -0.39 is 0 Å². The van der Waals surface area contributed by atoms with Gasteiger partial charge in [-0.3, -0.25) is 4.79 Å². The van der Waals surface area contributed by atoms with Crippen LogP contribution in [-0.4, -0.2) is 51.8 Å². The molecule has 0 aromatic carbocycles. The highest BCUT2D eigenvalue weighted by Crippen LogP contribution is 2.64. The minimum Gasteiger partial charge on any atom is -0.342 e. The van der Waals surface area contributed by atoms with E-state index >= 15 is 0 Å². The van der Waals surface area contributed by atoms with Gasteiger partial charge in [-0.1, -0.05) is 0 Å². The number of nitrogens with zero attached hydrogens (tertiary/aromatic N) is 4. The Bertz CT molecular complexity index is 724. The predicted octanol–water partition coefficient (Wildman–Crippen LogP) is 2.18. The summed E-state index contributed by atoms with van der Waals surface area (Å²) in [7, 11) is 0. The van der Waals surface area contributed by atoms with Crippen molar-refractivity contribution in [3.8, 4) is 0 Å². The molecule has 5 atom stereocenters. The molecule has 4 bridgehead atoms. The first-order valence-electron chi connectivity index (χ1n) is 11.0. The number of amides is 1. The van der Waals surface area contributed by atoms with Gasteiger partial charge in [0.1, 0.15) is 12.7 Å². The van der Waals surface area contributed by atoms with Crippen molar-refractivity contribution in [2.75, 3.05) is 26.2 Å². The zero-order valence-electron chi connectivity index (χ0n) is 16.2. The fraction of sp³-hybridized carbons (Fsp3) is 0.857. The Hall–Kier alpha value is -1.43. The van der Waals surface area contributed by atoms with Crippen LogP contribution >= 0.6 is 0 Å². The van der Waals surface area contributed by atoms with Crippen LogP contribution in [0, 0.1) is 22.7 Å². The second-order valence-corrected chi connectivity index (χ2v) is 10.6. The molecule has 4 aliphatic carbocycles. The molecule has 7 rings (SSSR count). The maximum absolute atomic E-state index is 13.9. The summed E-state index contributed by atoms with van der Waals surface area (Å²) in [4.78, 5) is 20.4. The molecule has 6 aliphatic rings. The predicted molar refractivity (Wildman–Crippen MR) is 101 cm³/mol. The van der Waals surface area contributed by atoms with Gasteiger partial charge in [0, 0.05) is 25.0 Å². The summed E-state index contributed by atoms with van der Waals surface area (Å²) < 4.78 is 2.11. The molecule has 4 saturated carbocycles. The first-order valence-corrected chi connectivity index (χ1v) is 11.0. The number of aromatic nitrogens is 3. The lowest BCUT2D eigenvalue weighted by atomic mass is 9.46. The summed E-state index contributed by atoms with van der Waals surface area (Å²) in [5, 5.41) is 8.12. The van der Waals surface area contributed by atoms with Gasteiger partial charge in [0.15, 0.2) is 0 Å². The van der Waals surface area contributed by atoms with Gasteiger partial charge >= 0.3 is 0 Å². The molecule has 146 valence electrons. The smallest absolute Gasteiger partial charge is 0.228 e. The second kappa shape index (κ2) is 5.56. The van der Waals surface area contributed by atoms with E-state index in [4.69, 9.17) is 0 Å². The summed E-state index contributed by atoms with van der Waals surface area (Å²) in [5.74, 6) is 1.85. The molecule has 6 heteroatoms. The number of carbonyl (C=O) groups excluding carboxylic acids is 1. The minimum atomic E-state index is -0.135. The summed E-state index contributed by atoms with van der Waals surface area (Å²) >= 11 is 0. The Morgan fingerprint density at radius 1 is 1.15 bits per heavy atom. The Morgan fingerprint density at radius 2 is 2.00 bits per heavy atom. The van der Waals surface area contributed by atoms with Crippen molar-refractivity contribution in [1.82, 2.24) is 25.0 Å². The molecule has 1 aromatic heterocycles. The summed E-state index contributed by atoms with van der Waals surface area (Å²) in [6.45, 7) is 4.18. The van der Waals surface area contributed by atoms with Crippen LogP contribution in [0.4, 0.5) is 0 Å². The van der Waals surface area contributed by atoms with E-state index in [1.54, 1.807) is 6.33 Å². The van der Waals surface area contributed by atoms with Crippen LogP contribution in [0.25, 0.3) is 0 Å². The Balaban J connectivity index is 1.29. The maximum Gasteiger partial charge on any atom is 0.228 e. The van der Waals surface area contributed by atoms with E-state index in [0.29, 0.717) is 23.2 Å². The van der Waals surface area contributed by atoms with E-state index in [2.05, 4.69) is 25.0 Å². The van der Waals surface area contributed by atoms with Crippen LogP contribution in [0.15, 0.2) is 12.7 Å². The van der Waals surface area contributed by atoms with Gasteiger partial charge in [0.2, 0.25) is 5.91 Å². The number of hydrogen-bond donors (Lipinski definition) is 1. The topological polar surface area (TPSA) is 63.1 Å². The van der Waals surface area contributed by atoms with Crippen LogP contribution in [0.3, 0.4) is 0 Å². The van der Waals surface area contributed by atoms with E-state index in [0.717, 1.165) is 45.4 Å². The van der Waals surface area contributed by atoms with Crippen molar-refractivity contribution in [1.29, 1.82) is 0 Å². The molecule has 2 unspecified atom stereocenters. The lowest BCUT2D eigenvalue weighted by molar-refractivity contribution is -0.166. The fourth-order valence-corrected chi connectivity index (χ4v) is 8.01. The molecule has 0 radical (unpaired) electrons. The lowest BCUT2D eigenvalue weighted by Gasteiger charge is -2.61. The van der Waals surface area contributed by atoms with Gasteiger partial charge in [-0.25, -0.2) is 9.67 Å². The van der Waals surface area contributed by atoms with Gasteiger partial charge < -0.3 is 10.2 Å². The number of rotatable bonds is 2. The van der Waals surface area contributed by atoms with E-state index in [-0.39, 0.29) is 11.0 Å². The van der Waals surface area contributed by atoms with Crippen LogP contribution in [0.5, 0.6) is 0 Å². The summed E-state index contributed by atoms with van der Waals surface area (Å²) in [6.07, 6.45) is 14.2. The van der Waals surface area contributed by atoms with Gasteiger partial charge in [0.25, 0.3) is 0 Å². The Kier molecular flexibility index (Phi) is 3.40. The zero-order chi connectivity index (χ0) is 18.1. The third-order valence-corrected chi connectivity index (χ3v) is 8.67. The van der Waals surface area contributed by atoms with Crippen molar-refractivity contribution >= 4 is 5.91 Å². The zero-order valence-corrected chi connectivity index (χ0v) is 16.2. The van der Waals surface area contributed by atoms with E-state index in [1.807, 2.05) is 6.33 Å². The molecule has 1 aromatic rings. The quantitative estimate of drug-likeness (QED) is 0.868. The van der Waals surface area contributed by atoms with Crippen molar-refractivity contribution < 1.29 is 4.79 Å². The van der Waals surface area contributed by atoms with E-state index in [9.17, 15) is 4.79 Å². The van der Waals surface area contributed by atoms with Gasteiger partial charge in [-0.05, 0) is 76.2 Å². The first-order chi connectivity index (χ1) is 13.1. The highest BCUT2D eigenvalue weighted by atomic mass is 16.2. The molecule has 6 fully saturated rings. The molecule has 3 heterocycles. The highest BCUT2D eigenvalue weighted by Gasteiger charge is 2.63. The van der Waals surface area contributed by atoms with Crippen LogP contribution < -0.4 is 5.32 Å². The third-order valence-electron chi connectivity index (χ3n) is 8.67. The maximum atomic E-state index is 13.9. The Labute approximate surface area is 161 Å². The average molecular weight is 370 g/mol. The monoisotopic (exact) mass is 369 g/mol. The molecular formula is C21H31N5O. The summed E-state index contributed by atoms with van der Waals surface area (Å²) in [5.41, 5.74) is 0.253. The van der Waals surface area contributed by atoms with Crippen molar-refractivity contribution in [3.63, 3.8) is 0 Å². The molecular weight excluding hydrogens is 338 g/mol. The molecule has 6 nitrogen and oxygen atoms in total. The molecule has 1 amide bonds. The van der Waals surface area contributed by atoms with Crippen molar-refractivity contribution in [2.24, 2.45) is 22.7 Å². The van der Waals surface area contributed by atoms with Crippen molar-refractivity contribution in [2.45, 2.75) is 63.3 Å². The normalized spacial score (nSPS) is 45.7. The molecule has 1 spiro atoms. The third kappa shape index (κ3) is 2.38. The van der Waals surface area contributed by atoms with Gasteiger partial charge in [-0.15, -0.1) is 0 Å². The van der Waals surface area contributed by atoms with Crippen molar-refractivity contribution in [3.05, 3.63) is 12.7 Å². The fourth-order valence-electron chi connectivity index (χ4n) is 8.01. The van der Waals surface area contributed by atoms with E-state index in [1.165, 1.54) is 38.5 Å². The summed E-state index contributed by atoms with van der Waals surface area (Å²) in [6, 6.07) is 0. The molecule has 2 saturated heterocycles. The first kappa shape index (κ1) is 16.5. The number of piperidine rings is 1. The number of likely N-dealkylation sites (tertiary alicyclic amines) is 1. The minimum absolute atomic E-state index is 0.0417. The average Bonchev–Trinajstić information content (AvgIpc) is 3.32. The van der Waals surface area contributed by atoms with Crippen LogP contribution in [0.2, 0.25) is 0 Å². The number of hydrogen-bond acceptors (Lipinski definition) is 4. The standard InChI is InChI=1S/C21H31N5O/c27-18(25-5-3-19(13-25)2-1-4-22-12-19)20-7-16-6-17(8-20)10-21(9-16,11-20)26-15-23-14-24-26/h14-17,22H,1-13H2/t16-,17+,19-,20?,21?/m1/s1. The molecule has 2 aliphatic heterocycles. The SMILES string of the molecule is O=C(N1CC[C@@]2(CCCNC2)C1)C12C[C@H]3C[C@@H](C1)CC(n1cncn1)(C3)C2. The highest BCUT2D eigenvalue weighted by molar-refractivity contribution is 5.84.